The minimum absolute atomic E-state index is 0.161. The SMILES string of the molecule is Cc1cc(S(=O)(=O)N[C@H]2CCSc3ccccc32)ccc1Br. The van der Waals surface area contributed by atoms with Gasteiger partial charge in [0.05, 0.1) is 4.90 Å². The van der Waals surface area contributed by atoms with Gasteiger partial charge in [0.1, 0.15) is 0 Å². The average Bonchev–Trinajstić information content (AvgIpc) is 2.50. The maximum Gasteiger partial charge on any atom is 0.241 e. The third kappa shape index (κ3) is 3.25. The summed E-state index contributed by atoms with van der Waals surface area (Å²) >= 11 is 5.18. The Hall–Kier alpha value is -0.820. The van der Waals surface area contributed by atoms with Crippen molar-refractivity contribution in [1.82, 2.24) is 4.72 Å². The number of halogens is 1. The van der Waals surface area contributed by atoms with Gasteiger partial charge in [-0.3, -0.25) is 0 Å². The van der Waals surface area contributed by atoms with Gasteiger partial charge >= 0.3 is 0 Å². The predicted molar refractivity (Wildman–Crippen MR) is 93.7 cm³/mol. The Kier molecular flexibility index (Phi) is 4.64. The van der Waals surface area contributed by atoms with Gasteiger partial charge in [0.15, 0.2) is 0 Å². The summed E-state index contributed by atoms with van der Waals surface area (Å²) in [5, 5.41) is 0. The molecule has 1 heterocycles. The van der Waals surface area contributed by atoms with Crippen LogP contribution >= 0.6 is 27.7 Å². The van der Waals surface area contributed by atoms with Gasteiger partial charge in [0, 0.05) is 15.4 Å². The minimum Gasteiger partial charge on any atom is -0.207 e. The lowest BCUT2D eigenvalue weighted by Crippen LogP contribution is -2.30. The second kappa shape index (κ2) is 6.35. The van der Waals surface area contributed by atoms with Crippen LogP contribution in [0, 0.1) is 6.92 Å². The molecule has 116 valence electrons. The number of aryl methyl sites for hydroxylation is 1. The van der Waals surface area contributed by atoms with Crippen LogP contribution in [0.4, 0.5) is 0 Å². The summed E-state index contributed by atoms with van der Waals surface area (Å²) in [6.45, 7) is 1.88. The normalized spacial score (nSPS) is 18.0. The summed E-state index contributed by atoms with van der Waals surface area (Å²) in [6.07, 6.45) is 0.802. The van der Waals surface area contributed by atoms with Gasteiger partial charge in [-0.2, -0.15) is 0 Å². The Balaban J connectivity index is 1.91. The number of hydrogen-bond acceptors (Lipinski definition) is 3. The van der Waals surface area contributed by atoms with Crippen molar-refractivity contribution in [2.75, 3.05) is 5.75 Å². The van der Waals surface area contributed by atoms with E-state index < -0.39 is 10.0 Å². The Bertz CT molecular complexity index is 806. The van der Waals surface area contributed by atoms with Crippen molar-refractivity contribution in [3.05, 3.63) is 58.1 Å². The van der Waals surface area contributed by atoms with Crippen molar-refractivity contribution in [3.8, 4) is 0 Å². The fraction of sp³-hybridized carbons (Fsp3) is 0.250. The molecule has 0 saturated carbocycles. The lowest BCUT2D eigenvalue weighted by molar-refractivity contribution is 0.546. The monoisotopic (exact) mass is 397 g/mol. The molecule has 1 N–H and O–H groups in total. The molecule has 0 spiro atoms. The van der Waals surface area contributed by atoms with E-state index in [2.05, 4.69) is 20.7 Å². The zero-order chi connectivity index (χ0) is 15.7. The van der Waals surface area contributed by atoms with Gasteiger partial charge in [0.2, 0.25) is 10.0 Å². The second-order valence-electron chi connectivity index (χ2n) is 5.26. The van der Waals surface area contributed by atoms with E-state index in [1.54, 1.807) is 30.0 Å². The van der Waals surface area contributed by atoms with Crippen molar-refractivity contribution in [2.24, 2.45) is 0 Å². The largest absolute Gasteiger partial charge is 0.241 e. The highest BCUT2D eigenvalue weighted by Gasteiger charge is 2.26. The smallest absolute Gasteiger partial charge is 0.207 e. The summed E-state index contributed by atoms with van der Waals surface area (Å²) in [5.74, 6) is 0.920. The molecule has 1 atom stereocenters. The van der Waals surface area contributed by atoms with Crippen molar-refractivity contribution in [1.29, 1.82) is 0 Å². The highest BCUT2D eigenvalue weighted by Crippen LogP contribution is 2.36. The van der Waals surface area contributed by atoms with E-state index in [-0.39, 0.29) is 6.04 Å². The van der Waals surface area contributed by atoms with Crippen LogP contribution < -0.4 is 4.72 Å². The van der Waals surface area contributed by atoms with E-state index in [0.717, 1.165) is 32.7 Å². The third-order valence-electron chi connectivity index (χ3n) is 3.70. The van der Waals surface area contributed by atoms with Crippen LogP contribution in [0.25, 0.3) is 0 Å². The zero-order valence-corrected chi connectivity index (χ0v) is 15.3. The first-order valence-electron chi connectivity index (χ1n) is 6.97. The Labute approximate surface area is 143 Å². The number of thioether (sulfide) groups is 1. The molecule has 1 aliphatic heterocycles. The Morgan fingerprint density at radius 2 is 2.00 bits per heavy atom. The van der Waals surface area contributed by atoms with E-state index in [1.165, 1.54) is 0 Å². The van der Waals surface area contributed by atoms with Gasteiger partial charge in [-0.05, 0) is 54.5 Å². The van der Waals surface area contributed by atoms with Crippen molar-refractivity contribution >= 4 is 37.7 Å². The first-order valence-corrected chi connectivity index (χ1v) is 10.2. The van der Waals surface area contributed by atoms with Gasteiger partial charge in [0.25, 0.3) is 0 Å². The standard InChI is InChI=1S/C16H16BrNO2S2/c1-11-10-12(6-7-14(11)17)22(19,20)18-15-8-9-21-16-5-3-2-4-13(15)16/h2-7,10,15,18H,8-9H2,1H3/t15-/m0/s1. The fourth-order valence-corrected chi connectivity index (χ4v) is 5.21. The summed E-state index contributed by atoms with van der Waals surface area (Å²) in [6, 6.07) is 12.9. The quantitative estimate of drug-likeness (QED) is 0.840. The van der Waals surface area contributed by atoms with Crippen LogP contribution in [-0.4, -0.2) is 14.2 Å². The topological polar surface area (TPSA) is 46.2 Å². The molecule has 2 aromatic carbocycles. The maximum atomic E-state index is 12.6. The molecule has 0 amide bonds. The number of rotatable bonds is 3. The highest BCUT2D eigenvalue weighted by atomic mass is 79.9. The van der Waals surface area contributed by atoms with Gasteiger partial charge in [-0.1, -0.05) is 34.1 Å². The van der Waals surface area contributed by atoms with Gasteiger partial charge in [-0.15, -0.1) is 11.8 Å². The van der Waals surface area contributed by atoms with Crippen molar-refractivity contribution < 1.29 is 8.42 Å². The number of nitrogens with one attached hydrogen (secondary N) is 1. The number of benzene rings is 2. The average molecular weight is 398 g/mol. The summed E-state index contributed by atoms with van der Waals surface area (Å²) < 4.78 is 29.0. The molecule has 0 radical (unpaired) electrons. The third-order valence-corrected chi connectivity index (χ3v) is 7.18. The lowest BCUT2D eigenvalue weighted by Gasteiger charge is -2.25. The van der Waals surface area contributed by atoms with Crippen molar-refractivity contribution in [2.45, 2.75) is 29.2 Å². The first kappa shape index (κ1) is 16.1. The van der Waals surface area contributed by atoms with E-state index in [4.69, 9.17) is 0 Å². The first-order chi connectivity index (χ1) is 10.5. The van der Waals surface area contributed by atoms with E-state index in [0.29, 0.717) is 4.90 Å². The zero-order valence-electron chi connectivity index (χ0n) is 12.0. The minimum atomic E-state index is -3.52. The van der Waals surface area contributed by atoms with Gasteiger partial charge in [-0.25, -0.2) is 13.1 Å². The predicted octanol–water partition coefficient (Wildman–Crippen LogP) is 4.27. The van der Waals surface area contributed by atoms with Crippen LogP contribution in [0.2, 0.25) is 0 Å². The summed E-state index contributed by atoms with van der Waals surface area (Å²) in [5.41, 5.74) is 1.97. The van der Waals surface area contributed by atoms with Crippen molar-refractivity contribution in [3.63, 3.8) is 0 Å². The van der Waals surface area contributed by atoms with E-state index >= 15 is 0 Å². The Morgan fingerprint density at radius 3 is 2.77 bits per heavy atom. The molecule has 3 rings (SSSR count). The van der Waals surface area contributed by atoms with E-state index in [1.807, 2.05) is 31.2 Å². The molecule has 0 fully saturated rings. The van der Waals surface area contributed by atoms with Crippen LogP contribution in [0.1, 0.15) is 23.6 Å². The number of hydrogen-bond donors (Lipinski definition) is 1. The molecule has 6 heteroatoms. The number of fused-ring (bicyclic) bond motifs is 1. The van der Waals surface area contributed by atoms with Gasteiger partial charge < -0.3 is 0 Å². The second-order valence-corrected chi connectivity index (χ2v) is 8.96. The molecule has 0 aliphatic carbocycles. The summed E-state index contributed by atoms with van der Waals surface area (Å²) in [7, 11) is -3.52. The molecular weight excluding hydrogens is 382 g/mol. The fourth-order valence-electron chi connectivity index (χ4n) is 2.50. The number of sulfonamides is 1. The van der Waals surface area contributed by atoms with Crippen LogP contribution in [0.5, 0.6) is 0 Å². The highest BCUT2D eigenvalue weighted by molar-refractivity contribution is 9.10. The molecule has 22 heavy (non-hydrogen) atoms. The molecule has 1 aliphatic rings. The molecular formula is C16H16BrNO2S2. The molecule has 0 aromatic heterocycles. The van der Waals surface area contributed by atoms with Crippen LogP contribution in [-0.2, 0) is 10.0 Å². The van der Waals surface area contributed by atoms with Crippen LogP contribution in [0.15, 0.2) is 56.7 Å². The summed E-state index contributed by atoms with van der Waals surface area (Å²) in [4.78, 5) is 1.47. The molecule has 3 nitrogen and oxygen atoms in total. The Morgan fingerprint density at radius 1 is 1.23 bits per heavy atom. The van der Waals surface area contributed by atoms with E-state index in [9.17, 15) is 8.42 Å². The lowest BCUT2D eigenvalue weighted by atomic mass is 10.1. The molecule has 0 bridgehead atoms. The van der Waals surface area contributed by atoms with Crippen LogP contribution in [0.3, 0.4) is 0 Å². The molecule has 0 saturated heterocycles. The maximum absolute atomic E-state index is 12.6. The molecule has 0 unspecified atom stereocenters. The molecule has 2 aromatic rings.